The predicted octanol–water partition coefficient (Wildman–Crippen LogP) is 2.55. The SMILES string of the molecule is C#C[C@@H]1CN2CC[C@H]1C[C@@H]2CNC(=O)c1ccc(F)c(Cl)c1. The van der Waals surface area contributed by atoms with Crippen molar-refractivity contribution in [1.29, 1.82) is 0 Å². The summed E-state index contributed by atoms with van der Waals surface area (Å²) in [5.74, 6) is 3.05. The van der Waals surface area contributed by atoms with Crippen LogP contribution >= 0.6 is 11.6 Å². The lowest BCUT2D eigenvalue weighted by Gasteiger charge is -2.48. The summed E-state index contributed by atoms with van der Waals surface area (Å²) in [4.78, 5) is 14.5. The van der Waals surface area contributed by atoms with Crippen LogP contribution in [0.1, 0.15) is 23.2 Å². The first-order valence-corrected chi connectivity index (χ1v) is 7.89. The third-order valence-corrected chi connectivity index (χ3v) is 5.06. The van der Waals surface area contributed by atoms with E-state index in [0.717, 1.165) is 25.9 Å². The molecule has 3 fully saturated rings. The van der Waals surface area contributed by atoms with E-state index in [1.807, 2.05) is 0 Å². The average molecular weight is 321 g/mol. The highest BCUT2D eigenvalue weighted by Gasteiger charge is 2.39. The summed E-state index contributed by atoms with van der Waals surface area (Å²) in [5, 5.41) is 2.88. The number of nitrogens with one attached hydrogen (secondary N) is 1. The van der Waals surface area contributed by atoms with Crippen LogP contribution in [0.3, 0.4) is 0 Å². The number of hydrogen-bond acceptors (Lipinski definition) is 2. The second-order valence-corrected chi connectivity index (χ2v) is 6.45. The Labute approximate surface area is 134 Å². The number of terminal acetylenes is 1. The number of fused-ring (bicyclic) bond motifs is 3. The van der Waals surface area contributed by atoms with Gasteiger partial charge >= 0.3 is 0 Å². The van der Waals surface area contributed by atoms with Crippen LogP contribution in [0.4, 0.5) is 4.39 Å². The molecule has 0 radical (unpaired) electrons. The number of piperidine rings is 3. The quantitative estimate of drug-likeness (QED) is 0.868. The predicted molar refractivity (Wildman–Crippen MR) is 84.2 cm³/mol. The van der Waals surface area contributed by atoms with Crippen molar-refractivity contribution in [2.45, 2.75) is 18.9 Å². The molecule has 4 atom stereocenters. The molecule has 0 spiro atoms. The van der Waals surface area contributed by atoms with Crippen LogP contribution in [-0.2, 0) is 0 Å². The number of benzene rings is 1. The maximum absolute atomic E-state index is 13.1. The van der Waals surface area contributed by atoms with Gasteiger partial charge in [0.05, 0.1) is 5.02 Å². The molecule has 4 rings (SSSR count). The minimum Gasteiger partial charge on any atom is -0.350 e. The van der Waals surface area contributed by atoms with Crippen LogP contribution in [-0.4, -0.2) is 36.5 Å². The fourth-order valence-electron chi connectivity index (χ4n) is 3.49. The Bertz CT molecular complexity index is 628. The van der Waals surface area contributed by atoms with Crippen molar-refractivity contribution in [2.24, 2.45) is 11.8 Å². The number of carbonyl (C=O) groups is 1. The Morgan fingerprint density at radius 1 is 1.55 bits per heavy atom. The zero-order valence-electron chi connectivity index (χ0n) is 12.2. The normalized spacial score (nSPS) is 29.9. The number of halogens is 2. The number of carbonyl (C=O) groups excluding carboxylic acids is 1. The van der Waals surface area contributed by atoms with E-state index in [1.165, 1.54) is 18.2 Å². The molecule has 1 aromatic rings. The molecule has 116 valence electrons. The van der Waals surface area contributed by atoms with E-state index in [9.17, 15) is 9.18 Å². The highest BCUT2D eigenvalue weighted by Crippen LogP contribution is 2.35. The number of hydrogen-bond donors (Lipinski definition) is 1. The topological polar surface area (TPSA) is 32.3 Å². The van der Waals surface area contributed by atoms with Crippen molar-refractivity contribution in [3.8, 4) is 12.3 Å². The number of rotatable bonds is 3. The van der Waals surface area contributed by atoms with Gasteiger partial charge in [0.25, 0.3) is 5.91 Å². The first-order valence-electron chi connectivity index (χ1n) is 7.52. The van der Waals surface area contributed by atoms with Crippen LogP contribution in [0.2, 0.25) is 5.02 Å². The summed E-state index contributed by atoms with van der Waals surface area (Å²) < 4.78 is 13.1. The van der Waals surface area contributed by atoms with Crippen LogP contribution in [0.15, 0.2) is 18.2 Å². The van der Waals surface area contributed by atoms with Gasteiger partial charge in [-0.25, -0.2) is 4.39 Å². The fraction of sp³-hybridized carbons (Fsp3) is 0.471. The first-order chi connectivity index (χ1) is 10.6. The minimum absolute atomic E-state index is 0.0371. The zero-order chi connectivity index (χ0) is 15.7. The molecule has 5 heteroatoms. The van der Waals surface area contributed by atoms with Gasteiger partial charge in [-0.2, -0.15) is 0 Å². The van der Waals surface area contributed by atoms with Crippen molar-refractivity contribution in [3.05, 3.63) is 34.6 Å². The number of amides is 1. The summed E-state index contributed by atoms with van der Waals surface area (Å²) in [6, 6.07) is 4.34. The molecule has 1 N–H and O–H groups in total. The van der Waals surface area contributed by atoms with Gasteiger partial charge < -0.3 is 5.32 Å². The van der Waals surface area contributed by atoms with E-state index in [0.29, 0.717) is 30.0 Å². The highest BCUT2D eigenvalue weighted by molar-refractivity contribution is 6.31. The molecule has 1 aromatic carbocycles. The molecule has 0 aliphatic carbocycles. The largest absolute Gasteiger partial charge is 0.350 e. The molecule has 3 aliphatic rings. The van der Waals surface area contributed by atoms with E-state index < -0.39 is 5.82 Å². The second-order valence-electron chi connectivity index (χ2n) is 6.05. The molecule has 0 aromatic heterocycles. The van der Waals surface area contributed by atoms with Crippen molar-refractivity contribution >= 4 is 17.5 Å². The molecule has 22 heavy (non-hydrogen) atoms. The molecule has 3 heterocycles. The highest BCUT2D eigenvalue weighted by atomic mass is 35.5. The third kappa shape index (κ3) is 2.97. The Kier molecular flexibility index (Phi) is 4.37. The Morgan fingerprint density at radius 2 is 2.36 bits per heavy atom. The van der Waals surface area contributed by atoms with Crippen LogP contribution in [0.25, 0.3) is 0 Å². The van der Waals surface area contributed by atoms with E-state index in [1.54, 1.807) is 0 Å². The maximum atomic E-state index is 13.1. The van der Waals surface area contributed by atoms with Gasteiger partial charge in [-0.05, 0) is 43.5 Å². The van der Waals surface area contributed by atoms with Crippen molar-refractivity contribution < 1.29 is 9.18 Å². The molecular formula is C17H18ClFN2O. The molecule has 3 nitrogen and oxygen atoms in total. The summed E-state index contributed by atoms with van der Waals surface area (Å²) in [6.45, 7) is 2.55. The van der Waals surface area contributed by atoms with Gasteiger partial charge in [0.15, 0.2) is 0 Å². The second kappa shape index (κ2) is 6.28. The molecule has 3 saturated heterocycles. The van der Waals surface area contributed by atoms with Crippen molar-refractivity contribution in [3.63, 3.8) is 0 Å². The lowest BCUT2D eigenvalue weighted by atomic mass is 9.76. The van der Waals surface area contributed by atoms with Gasteiger partial charge in [-0.15, -0.1) is 12.3 Å². The Morgan fingerprint density at radius 3 is 3.00 bits per heavy atom. The standard InChI is InChI=1S/C17H18ClFN2O/c1-2-11-10-21-6-5-12(11)7-14(21)9-20-17(22)13-3-4-16(19)15(18)8-13/h1,3-4,8,11-12,14H,5-7,9-10H2,(H,20,22)/t11-,12+,14-/m1/s1. The van der Waals surface area contributed by atoms with Crippen molar-refractivity contribution in [1.82, 2.24) is 10.2 Å². The number of nitrogens with zero attached hydrogens (tertiary/aromatic N) is 1. The van der Waals surface area contributed by atoms with E-state index in [-0.39, 0.29) is 10.9 Å². The lowest BCUT2D eigenvalue weighted by molar-refractivity contribution is 0.0227. The van der Waals surface area contributed by atoms with Gasteiger partial charge in [0, 0.05) is 30.6 Å². The molecule has 1 amide bonds. The average Bonchev–Trinajstić information content (AvgIpc) is 2.55. The first kappa shape index (κ1) is 15.3. The summed E-state index contributed by atoms with van der Waals surface area (Å²) >= 11 is 5.71. The summed E-state index contributed by atoms with van der Waals surface area (Å²) in [6.07, 6.45) is 7.74. The fourth-order valence-corrected chi connectivity index (χ4v) is 3.67. The van der Waals surface area contributed by atoms with Crippen molar-refractivity contribution in [2.75, 3.05) is 19.6 Å². The van der Waals surface area contributed by atoms with Crippen LogP contribution in [0, 0.1) is 30.0 Å². The molecular weight excluding hydrogens is 303 g/mol. The van der Waals surface area contributed by atoms with E-state index >= 15 is 0 Å². The maximum Gasteiger partial charge on any atom is 0.251 e. The summed E-state index contributed by atoms with van der Waals surface area (Å²) in [7, 11) is 0. The smallest absolute Gasteiger partial charge is 0.251 e. The van der Waals surface area contributed by atoms with Gasteiger partial charge in [-0.1, -0.05) is 11.6 Å². The van der Waals surface area contributed by atoms with E-state index in [2.05, 4.69) is 16.1 Å². The lowest BCUT2D eigenvalue weighted by Crippen LogP contribution is -2.56. The van der Waals surface area contributed by atoms with E-state index in [4.69, 9.17) is 18.0 Å². The Hall–Kier alpha value is -1.57. The molecule has 3 aliphatic heterocycles. The van der Waals surface area contributed by atoms with Gasteiger partial charge in [0.1, 0.15) is 5.82 Å². The monoisotopic (exact) mass is 320 g/mol. The Balaban J connectivity index is 1.58. The molecule has 1 unspecified atom stereocenters. The van der Waals surface area contributed by atoms with Crippen LogP contribution in [0.5, 0.6) is 0 Å². The molecule has 2 bridgehead atoms. The summed E-state index contributed by atoms with van der Waals surface area (Å²) in [5.41, 5.74) is 0.379. The minimum atomic E-state index is -0.519. The third-order valence-electron chi connectivity index (χ3n) is 4.77. The zero-order valence-corrected chi connectivity index (χ0v) is 12.9. The van der Waals surface area contributed by atoms with Gasteiger partial charge in [-0.3, -0.25) is 9.69 Å². The molecule has 0 saturated carbocycles. The van der Waals surface area contributed by atoms with Gasteiger partial charge in [0.2, 0.25) is 0 Å². The van der Waals surface area contributed by atoms with Crippen LogP contribution < -0.4 is 5.32 Å².